The first kappa shape index (κ1) is 19.2. The maximum absolute atomic E-state index is 13.0. The molecule has 4 heterocycles. The van der Waals surface area contributed by atoms with Gasteiger partial charge in [0.1, 0.15) is 6.04 Å². The number of nitrogens with zero attached hydrogens (tertiary/aromatic N) is 4. The second-order valence-corrected chi connectivity index (χ2v) is 7.98. The molecule has 3 aliphatic rings. The van der Waals surface area contributed by atoms with Gasteiger partial charge in [0.15, 0.2) is 0 Å². The Labute approximate surface area is 178 Å². The number of nitrogens with one attached hydrogen (secondary N) is 1. The zero-order valence-electron chi connectivity index (χ0n) is 17.0. The van der Waals surface area contributed by atoms with Crippen molar-refractivity contribution in [3.8, 4) is 0 Å². The van der Waals surface area contributed by atoms with Crippen LogP contribution < -0.4 is 15.1 Å². The Kier molecular flexibility index (Phi) is 4.46. The van der Waals surface area contributed by atoms with Gasteiger partial charge in [-0.3, -0.25) is 34.5 Å². The standard InChI is InChI=1S/C22H21N5O4/c1-13-10-16(6-7-23-13)26-9-8-25(22(26)31)15-2-3-17-14(11-15)12-27(21(17)30)18-4-5-19(28)24-20(18)29/h2-3,6-7,10-11,18H,4-5,8-9,12H2,1H3,(H,24,28,29). The molecule has 5 rings (SSSR count). The van der Waals surface area contributed by atoms with Gasteiger partial charge in [0.2, 0.25) is 11.8 Å². The lowest BCUT2D eigenvalue weighted by molar-refractivity contribution is -0.136. The van der Waals surface area contributed by atoms with Crippen LogP contribution in [0.25, 0.3) is 0 Å². The molecule has 5 amide bonds. The topological polar surface area (TPSA) is 103 Å². The Bertz CT molecular complexity index is 1130. The van der Waals surface area contributed by atoms with Crippen molar-refractivity contribution in [3.05, 3.63) is 53.3 Å². The number of imide groups is 1. The monoisotopic (exact) mass is 419 g/mol. The maximum Gasteiger partial charge on any atom is 0.329 e. The SMILES string of the molecule is Cc1cc(N2CCN(c3ccc4c(c3)CN(C3CCC(=O)NC3=O)C4=O)C2=O)ccn1. The number of fused-ring (bicyclic) bond motifs is 1. The lowest BCUT2D eigenvalue weighted by Gasteiger charge is -2.29. The summed E-state index contributed by atoms with van der Waals surface area (Å²) in [5, 5.41) is 2.31. The summed E-state index contributed by atoms with van der Waals surface area (Å²) in [6, 6.07) is 8.23. The molecule has 2 aromatic rings. The molecule has 0 aliphatic carbocycles. The quantitative estimate of drug-likeness (QED) is 0.762. The van der Waals surface area contributed by atoms with Gasteiger partial charge in [0, 0.05) is 54.9 Å². The second-order valence-electron chi connectivity index (χ2n) is 7.98. The molecule has 9 nitrogen and oxygen atoms in total. The van der Waals surface area contributed by atoms with E-state index in [1.165, 1.54) is 4.90 Å². The smallest absolute Gasteiger partial charge is 0.322 e. The fraction of sp³-hybridized carbons (Fsp3) is 0.318. The van der Waals surface area contributed by atoms with Crippen LogP contribution in [0.2, 0.25) is 0 Å². The van der Waals surface area contributed by atoms with Crippen molar-refractivity contribution in [1.82, 2.24) is 15.2 Å². The summed E-state index contributed by atoms with van der Waals surface area (Å²) >= 11 is 0. The van der Waals surface area contributed by atoms with Crippen molar-refractivity contribution in [1.29, 1.82) is 0 Å². The van der Waals surface area contributed by atoms with E-state index in [4.69, 9.17) is 0 Å². The maximum atomic E-state index is 13.0. The van der Waals surface area contributed by atoms with Crippen molar-refractivity contribution in [2.24, 2.45) is 0 Å². The average Bonchev–Trinajstić information content (AvgIpc) is 3.28. The Morgan fingerprint density at radius 2 is 1.74 bits per heavy atom. The molecular formula is C22H21N5O4. The highest BCUT2D eigenvalue weighted by atomic mass is 16.2. The number of aryl methyl sites for hydroxylation is 1. The van der Waals surface area contributed by atoms with Crippen molar-refractivity contribution in [2.75, 3.05) is 22.9 Å². The van der Waals surface area contributed by atoms with Crippen molar-refractivity contribution >= 4 is 35.1 Å². The summed E-state index contributed by atoms with van der Waals surface area (Å²) in [6.07, 6.45) is 2.22. The molecule has 9 heteroatoms. The van der Waals surface area contributed by atoms with Crippen molar-refractivity contribution < 1.29 is 19.2 Å². The summed E-state index contributed by atoms with van der Waals surface area (Å²) < 4.78 is 0. The fourth-order valence-corrected chi connectivity index (χ4v) is 4.44. The number of hydrogen-bond donors (Lipinski definition) is 1. The third-order valence-corrected chi connectivity index (χ3v) is 6.02. The molecular weight excluding hydrogens is 398 g/mol. The van der Waals surface area contributed by atoms with Gasteiger partial charge in [0.05, 0.1) is 0 Å². The molecule has 158 valence electrons. The van der Waals surface area contributed by atoms with E-state index in [2.05, 4.69) is 10.3 Å². The van der Waals surface area contributed by atoms with Crippen LogP contribution in [0.4, 0.5) is 16.2 Å². The molecule has 2 saturated heterocycles. The molecule has 1 N–H and O–H groups in total. The Morgan fingerprint density at radius 1 is 1.00 bits per heavy atom. The first-order valence-corrected chi connectivity index (χ1v) is 10.2. The van der Waals surface area contributed by atoms with Crippen LogP contribution >= 0.6 is 0 Å². The Balaban J connectivity index is 1.36. The van der Waals surface area contributed by atoms with Crippen LogP contribution in [0, 0.1) is 6.92 Å². The third-order valence-electron chi connectivity index (χ3n) is 6.02. The predicted octanol–water partition coefficient (Wildman–Crippen LogP) is 1.60. The number of rotatable bonds is 3. The number of amides is 5. The van der Waals surface area contributed by atoms with Crippen LogP contribution in [0.3, 0.4) is 0 Å². The minimum absolute atomic E-state index is 0.128. The van der Waals surface area contributed by atoms with Gasteiger partial charge in [-0.15, -0.1) is 0 Å². The highest BCUT2D eigenvalue weighted by molar-refractivity contribution is 6.08. The van der Waals surface area contributed by atoms with E-state index in [9.17, 15) is 19.2 Å². The number of carbonyl (C=O) groups excluding carboxylic acids is 4. The zero-order valence-corrected chi connectivity index (χ0v) is 17.0. The molecule has 0 spiro atoms. The molecule has 31 heavy (non-hydrogen) atoms. The van der Waals surface area contributed by atoms with Crippen LogP contribution in [-0.2, 0) is 16.1 Å². The molecule has 1 unspecified atom stereocenters. The normalized spacial score (nSPS) is 21.1. The van der Waals surface area contributed by atoms with Crippen molar-refractivity contribution in [2.45, 2.75) is 32.4 Å². The van der Waals surface area contributed by atoms with E-state index in [1.807, 2.05) is 25.1 Å². The molecule has 1 aromatic carbocycles. The minimum atomic E-state index is -0.653. The average molecular weight is 419 g/mol. The lowest BCUT2D eigenvalue weighted by atomic mass is 10.0. The van der Waals surface area contributed by atoms with Gasteiger partial charge < -0.3 is 4.90 Å². The van der Waals surface area contributed by atoms with Crippen LogP contribution in [0.15, 0.2) is 36.5 Å². The number of hydrogen-bond acceptors (Lipinski definition) is 5. The summed E-state index contributed by atoms with van der Waals surface area (Å²) in [4.78, 5) is 58.6. The van der Waals surface area contributed by atoms with Gasteiger partial charge in [-0.1, -0.05) is 0 Å². The van der Waals surface area contributed by atoms with E-state index in [-0.39, 0.29) is 30.8 Å². The summed E-state index contributed by atoms with van der Waals surface area (Å²) in [6.45, 7) is 3.25. The van der Waals surface area contributed by atoms with Crippen molar-refractivity contribution in [3.63, 3.8) is 0 Å². The van der Waals surface area contributed by atoms with Gasteiger partial charge >= 0.3 is 6.03 Å². The summed E-state index contributed by atoms with van der Waals surface area (Å²) in [5.74, 6) is -0.970. The number of piperidine rings is 1. The number of benzene rings is 1. The molecule has 0 bridgehead atoms. The molecule has 1 atom stereocenters. The summed E-state index contributed by atoms with van der Waals surface area (Å²) in [5.41, 5.74) is 3.67. The highest BCUT2D eigenvalue weighted by Crippen LogP contribution is 2.32. The van der Waals surface area contributed by atoms with Gasteiger partial charge in [0.25, 0.3) is 5.91 Å². The van der Waals surface area contributed by atoms with E-state index in [1.54, 1.807) is 28.1 Å². The molecule has 2 fully saturated rings. The first-order chi connectivity index (χ1) is 14.9. The van der Waals surface area contributed by atoms with E-state index >= 15 is 0 Å². The van der Waals surface area contributed by atoms with E-state index in [0.717, 1.165) is 22.6 Å². The largest absolute Gasteiger partial charge is 0.329 e. The zero-order chi connectivity index (χ0) is 21.7. The molecule has 1 aromatic heterocycles. The van der Waals surface area contributed by atoms with E-state index in [0.29, 0.717) is 25.1 Å². The second kappa shape index (κ2) is 7.19. The van der Waals surface area contributed by atoms with Gasteiger partial charge in [-0.2, -0.15) is 0 Å². The molecule has 0 saturated carbocycles. The fourth-order valence-electron chi connectivity index (χ4n) is 4.44. The summed E-state index contributed by atoms with van der Waals surface area (Å²) in [7, 11) is 0. The number of anilines is 2. The van der Waals surface area contributed by atoms with Gasteiger partial charge in [-0.05, 0) is 49.2 Å². The van der Waals surface area contributed by atoms with Crippen LogP contribution in [-0.4, -0.2) is 52.8 Å². The predicted molar refractivity (Wildman–Crippen MR) is 112 cm³/mol. The molecule has 3 aliphatic heterocycles. The number of pyridine rings is 1. The van der Waals surface area contributed by atoms with E-state index < -0.39 is 11.9 Å². The lowest BCUT2D eigenvalue weighted by Crippen LogP contribution is -2.52. The third kappa shape index (κ3) is 3.22. The first-order valence-electron chi connectivity index (χ1n) is 10.2. The highest BCUT2D eigenvalue weighted by Gasteiger charge is 2.40. The van der Waals surface area contributed by atoms with Gasteiger partial charge in [-0.25, -0.2) is 4.79 Å². The van der Waals surface area contributed by atoms with Crippen LogP contribution in [0.1, 0.15) is 34.5 Å². The molecule has 0 radical (unpaired) electrons. The Hall–Kier alpha value is -3.75. The number of carbonyl (C=O) groups is 4. The number of aromatic nitrogens is 1. The number of urea groups is 1. The minimum Gasteiger partial charge on any atom is -0.322 e. The Morgan fingerprint density at radius 3 is 2.45 bits per heavy atom. The van der Waals surface area contributed by atoms with Crippen LogP contribution in [0.5, 0.6) is 0 Å².